The number of hydrogen-bond acceptors (Lipinski definition) is 5. The molecule has 0 spiro atoms. The van der Waals surface area contributed by atoms with Crippen molar-refractivity contribution in [3.63, 3.8) is 0 Å². The van der Waals surface area contributed by atoms with Crippen molar-refractivity contribution in [3.05, 3.63) is 35.9 Å². The summed E-state index contributed by atoms with van der Waals surface area (Å²) in [6.45, 7) is 3.33. The summed E-state index contributed by atoms with van der Waals surface area (Å²) in [6.07, 6.45) is -0.0932. The number of carbonyl (C=O) groups excluding carboxylic acids is 3. The van der Waals surface area contributed by atoms with Gasteiger partial charge in [-0.3, -0.25) is 9.59 Å². The summed E-state index contributed by atoms with van der Waals surface area (Å²) in [5.74, 6) is -1.36. The van der Waals surface area contributed by atoms with E-state index in [1.54, 1.807) is 12.1 Å². The predicted octanol–water partition coefficient (Wildman–Crippen LogP) is 0.822. The SMILES string of the molecule is CCCC[C@@H](NC(=O)[C@@H](NC(=O)OCc1ccccc1)[C@@H](C)O)C(N)=O. The van der Waals surface area contributed by atoms with Crippen molar-refractivity contribution in [2.75, 3.05) is 0 Å². The molecule has 5 N–H and O–H groups in total. The summed E-state index contributed by atoms with van der Waals surface area (Å²) < 4.78 is 5.04. The Balaban J connectivity index is 2.61. The van der Waals surface area contributed by atoms with Crippen molar-refractivity contribution >= 4 is 17.9 Å². The highest BCUT2D eigenvalue weighted by Gasteiger charge is 2.29. The Bertz CT molecular complexity index is 592. The zero-order valence-corrected chi connectivity index (χ0v) is 15.1. The van der Waals surface area contributed by atoms with Crippen molar-refractivity contribution in [2.45, 2.75) is 57.9 Å². The first-order chi connectivity index (χ1) is 12.3. The lowest BCUT2D eigenvalue weighted by molar-refractivity contribution is -0.130. The molecule has 1 rings (SSSR count). The average Bonchev–Trinajstić information content (AvgIpc) is 2.61. The van der Waals surface area contributed by atoms with Crippen LogP contribution in [0.3, 0.4) is 0 Å². The molecule has 0 unspecified atom stereocenters. The van der Waals surface area contributed by atoms with Gasteiger partial charge in [0.05, 0.1) is 6.10 Å². The molecule has 0 fully saturated rings. The number of rotatable bonds is 10. The summed E-state index contributed by atoms with van der Waals surface area (Å²) in [5.41, 5.74) is 6.07. The molecule has 0 aliphatic rings. The minimum Gasteiger partial charge on any atom is -0.445 e. The number of nitrogens with two attached hydrogens (primary N) is 1. The van der Waals surface area contributed by atoms with Crippen LogP contribution in [0.2, 0.25) is 0 Å². The summed E-state index contributed by atoms with van der Waals surface area (Å²) in [6, 6.07) is 6.92. The van der Waals surface area contributed by atoms with Crippen LogP contribution in [0.1, 0.15) is 38.7 Å². The molecule has 1 aromatic carbocycles. The maximum atomic E-state index is 12.3. The van der Waals surface area contributed by atoms with Gasteiger partial charge in [0.1, 0.15) is 18.7 Å². The smallest absolute Gasteiger partial charge is 0.408 e. The van der Waals surface area contributed by atoms with Gasteiger partial charge in [0.25, 0.3) is 0 Å². The van der Waals surface area contributed by atoms with E-state index in [1.165, 1.54) is 6.92 Å². The van der Waals surface area contributed by atoms with Crippen molar-refractivity contribution in [1.29, 1.82) is 0 Å². The highest BCUT2D eigenvalue weighted by molar-refractivity contribution is 5.91. The van der Waals surface area contributed by atoms with Crippen LogP contribution in [-0.4, -0.2) is 41.2 Å². The molecule has 0 saturated carbocycles. The third-order valence-electron chi connectivity index (χ3n) is 3.76. The topological polar surface area (TPSA) is 131 Å². The van der Waals surface area contributed by atoms with E-state index in [0.29, 0.717) is 12.8 Å². The summed E-state index contributed by atoms with van der Waals surface area (Å²) in [5, 5.41) is 14.6. The van der Waals surface area contributed by atoms with E-state index in [-0.39, 0.29) is 6.61 Å². The second-order valence-corrected chi connectivity index (χ2v) is 6.03. The molecule has 0 saturated heterocycles. The Labute approximate surface area is 153 Å². The normalized spacial score (nSPS) is 14.0. The number of carbonyl (C=O) groups is 3. The fraction of sp³-hybridized carbons (Fsp3) is 0.500. The number of alkyl carbamates (subject to hydrolysis) is 1. The van der Waals surface area contributed by atoms with Crippen LogP contribution >= 0.6 is 0 Å². The van der Waals surface area contributed by atoms with Crippen LogP contribution in [0.25, 0.3) is 0 Å². The van der Waals surface area contributed by atoms with Crippen molar-refractivity contribution in [1.82, 2.24) is 10.6 Å². The molecule has 0 heterocycles. The molecule has 0 aliphatic carbocycles. The lowest BCUT2D eigenvalue weighted by Gasteiger charge is -2.23. The van der Waals surface area contributed by atoms with Gasteiger partial charge in [-0.15, -0.1) is 0 Å². The molecule has 8 heteroatoms. The molecule has 1 aromatic rings. The molecule has 8 nitrogen and oxygen atoms in total. The third kappa shape index (κ3) is 7.52. The Hall–Kier alpha value is -2.61. The first kappa shape index (κ1) is 21.4. The fourth-order valence-corrected chi connectivity index (χ4v) is 2.25. The number of benzene rings is 1. The first-order valence-electron chi connectivity index (χ1n) is 8.60. The van der Waals surface area contributed by atoms with Gasteiger partial charge < -0.3 is 26.2 Å². The van der Waals surface area contributed by atoms with E-state index in [0.717, 1.165) is 12.0 Å². The molecule has 0 bridgehead atoms. The number of unbranched alkanes of at least 4 members (excludes halogenated alkanes) is 1. The van der Waals surface area contributed by atoms with Crippen molar-refractivity contribution in [3.8, 4) is 0 Å². The zero-order valence-electron chi connectivity index (χ0n) is 15.1. The maximum Gasteiger partial charge on any atom is 0.408 e. The Morgan fingerprint density at radius 1 is 1.19 bits per heavy atom. The van der Waals surface area contributed by atoms with E-state index in [2.05, 4.69) is 10.6 Å². The molecule has 0 aromatic heterocycles. The second-order valence-electron chi connectivity index (χ2n) is 6.03. The predicted molar refractivity (Wildman–Crippen MR) is 95.9 cm³/mol. The molecule has 3 atom stereocenters. The van der Waals surface area contributed by atoms with Crippen LogP contribution in [0.15, 0.2) is 30.3 Å². The lowest BCUT2D eigenvalue weighted by atomic mass is 10.1. The molecular formula is C18H27N3O5. The van der Waals surface area contributed by atoms with Crippen molar-refractivity contribution in [2.24, 2.45) is 5.73 Å². The van der Waals surface area contributed by atoms with E-state index in [9.17, 15) is 19.5 Å². The van der Waals surface area contributed by atoms with Crippen LogP contribution in [0, 0.1) is 0 Å². The van der Waals surface area contributed by atoms with Gasteiger partial charge in [0.2, 0.25) is 11.8 Å². The monoisotopic (exact) mass is 365 g/mol. The maximum absolute atomic E-state index is 12.3. The summed E-state index contributed by atoms with van der Waals surface area (Å²) in [7, 11) is 0. The molecule has 0 radical (unpaired) electrons. The molecular weight excluding hydrogens is 338 g/mol. The molecule has 144 valence electrons. The minimum atomic E-state index is -1.26. The molecule has 0 aliphatic heterocycles. The van der Waals surface area contributed by atoms with Gasteiger partial charge in [-0.25, -0.2) is 4.79 Å². The van der Waals surface area contributed by atoms with Crippen LogP contribution in [0.4, 0.5) is 4.79 Å². The van der Waals surface area contributed by atoms with Gasteiger partial charge in [-0.05, 0) is 18.9 Å². The van der Waals surface area contributed by atoms with Gasteiger partial charge in [-0.1, -0.05) is 50.1 Å². The minimum absolute atomic E-state index is 0.0290. The summed E-state index contributed by atoms with van der Waals surface area (Å²) >= 11 is 0. The lowest BCUT2D eigenvalue weighted by Crippen LogP contribution is -2.56. The van der Waals surface area contributed by atoms with Crippen LogP contribution < -0.4 is 16.4 Å². The van der Waals surface area contributed by atoms with E-state index in [4.69, 9.17) is 10.5 Å². The van der Waals surface area contributed by atoms with Crippen molar-refractivity contribution < 1.29 is 24.2 Å². The Morgan fingerprint density at radius 3 is 2.38 bits per heavy atom. The van der Waals surface area contributed by atoms with Crippen LogP contribution in [-0.2, 0) is 20.9 Å². The van der Waals surface area contributed by atoms with E-state index in [1.807, 2.05) is 25.1 Å². The number of aliphatic hydroxyl groups excluding tert-OH is 1. The zero-order chi connectivity index (χ0) is 19.5. The summed E-state index contributed by atoms with van der Waals surface area (Å²) in [4.78, 5) is 35.7. The number of hydrogen-bond donors (Lipinski definition) is 4. The second kappa shape index (κ2) is 11.1. The third-order valence-corrected chi connectivity index (χ3v) is 3.76. The fourth-order valence-electron chi connectivity index (χ4n) is 2.25. The standard InChI is InChI=1S/C18H27N3O5/c1-3-4-10-14(16(19)23)20-17(24)15(12(2)22)21-18(25)26-11-13-8-6-5-7-9-13/h5-9,12,14-15,22H,3-4,10-11H2,1-2H3,(H2,19,23)(H,20,24)(H,21,25)/t12-,14-,15+/m1/s1. The average molecular weight is 365 g/mol. The highest BCUT2D eigenvalue weighted by Crippen LogP contribution is 2.04. The number of aliphatic hydroxyl groups is 1. The number of nitrogens with one attached hydrogen (secondary N) is 2. The highest BCUT2D eigenvalue weighted by atomic mass is 16.5. The molecule has 26 heavy (non-hydrogen) atoms. The van der Waals surface area contributed by atoms with E-state index >= 15 is 0 Å². The molecule has 3 amide bonds. The quantitative estimate of drug-likeness (QED) is 0.488. The number of primary amides is 1. The first-order valence-corrected chi connectivity index (χ1v) is 8.60. The van der Waals surface area contributed by atoms with Gasteiger partial charge in [-0.2, -0.15) is 0 Å². The van der Waals surface area contributed by atoms with Crippen LogP contribution in [0.5, 0.6) is 0 Å². The van der Waals surface area contributed by atoms with Gasteiger partial charge in [0, 0.05) is 0 Å². The Morgan fingerprint density at radius 2 is 1.85 bits per heavy atom. The Kier molecular flexibility index (Phi) is 9.14. The van der Waals surface area contributed by atoms with E-state index < -0.39 is 36.1 Å². The largest absolute Gasteiger partial charge is 0.445 e. The number of amides is 3. The van der Waals surface area contributed by atoms with Gasteiger partial charge in [0.15, 0.2) is 0 Å². The van der Waals surface area contributed by atoms with Gasteiger partial charge >= 0.3 is 6.09 Å². The number of ether oxygens (including phenoxy) is 1.